The Kier molecular flexibility index (Phi) is 4.38. The minimum Gasteiger partial charge on any atom is -0.340 e. The Balaban J connectivity index is 1.72. The van der Waals surface area contributed by atoms with Crippen LogP contribution in [0.4, 0.5) is 0 Å². The number of rotatable bonds is 1. The van der Waals surface area contributed by atoms with Crippen molar-refractivity contribution in [1.29, 1.82) is 0 Å². The van der Waals surface area contributed by atoms with Crippen LogP contribution in [-0.4, -0.2) is 14.5 Å². The molecule has 4 aromatic carbocycles. The van der Waals surface area contributed by atoms with Crippen molar-refractivity contribution in [2.75, 3.05) is 0 Å². The molecule has 0 N–H and O–H groups in total. The minimum absolute atomic E-state index is 0.110. The summed E-state index contributed by atoms with van der Waals surface area (Å²) in [5.74, 6) is 0. The van der Waals surface area contributed by atoms with Crippen molar-refractivity contribution in [2.45, 2.75) is 40.0 Å². The van der Waals surface area contributed by atoms with Crippen LogP contribution in [-0.2, 0) is 12.5 Å². The predicted octanol–water partition coefficient (Wildman–Crippen LogP) is 8.01. The van der Waals surface area contributed by atoms with Crippen molar-refractivity contribution >= 4 is 43.5 Å². The van der Waals surface area contributed by atoms with E-state index in [1.807, 2.05) is 0 Å². The summed E-state index contributed by atoms with van der Waals surface area (Å²) < 4.78 is 2.30. The zero-order chi connectivity index (χ0) is 23.8. The van der Waals surface area contributed by atoms with Crippen molar-refractivity contribution in [3.63, 3.8) is 0 Å². The van der Waals surface area contributed by atoms with Crippen molar-refractivity contribution in [3.8, 4) is 11.3 Å². The predicted molar refractivity (Wildman–Crippen MR) is 145 cm³/mol. The molecule has 168 valence electrons. The number of hydrogen-bond acceptors (Lipinski definition) is 2. The average molecular weight is 444 g/mol. The first-order chi connectivity index (χ1) is 16.3. The van der Waals surface area contributed by atoms with Gasteiger partial charge < -0.3 is 4.57 Å². The van der Waals surface area contributed by atoms with Gasteiger partial charge in [0.15, 0.2) is 0 Å². The summed E-state index contributed by atoms with van der Waals surface area (Å²) in [5, 5.41) is 6.20. The third-order valence-corrected chi connectivity index (χ3v) is 7.44. The maximum Gasteiger partial charge on any atom is 0.116 e. The van der Waals surface area contributed by atoms with Gasteiger partial charge in [-0.15, -0.1) is 0 Å². The highest BCUT2D eigenvalue weighted by Crippen LogP contribution is 2.39. The Bertz CT molecular complexity index is 1760. The van der Waals surface area contributed by atoms with E-state index in [9.17, 15) is 0 Å². The molecule has 0 unspecified atom stereocenters. The largest absolute Gasteiger partial charge is 0.340 e. The third-order valence-electron chi connectivity index (χ3n) is 7.44. The van der Waals surface area contributed by atoms with Crippen molar-refractivity contribution in [2.24, 2.45) is 7.05 Å². The fourth-order valence-corrected chi connectivity index (χ4v) is 5.38. The zero-order valence-corrected chi connectivity index (χ0v) is 20.7. The van der Waals surface area contributed by atoms with E-state index in [1.165, 1.54) is 49.1 Å². The van der Waals surface area contributed by atoms with Gasteiger partial charge in [-0.3, -0.25) is 0 Å². The Morgan fingerprint density at radius 1 is 0.765 bits per heavy atom. The molecule has 0 atom stereocenters. The van der Waals surface area contributed by atoms with E-state index in [4.69, 9.17) is 9.97 Å². The molecule has 6 aromatic rings. The van der Waals surface area contributed by atoms with Gasteiger partial charge in [0.05, 0.1) is 16.7 Å². The van der Waals surface area contributed by atoms with Crippen LogP contribution in [0.15, 0.2) is 67.0 Å². The lowest BCUT2D eigenvalue weighted by molar-refractivity contribution is 0.591. The summed E-state index contributed by atoms with van der Waals surface area (Å²) in [5.41, 5.74) is 9.53. The SMILES string of the molecule is Cc1ccc2ccc3c4ncnc(-c5cccc6cc(C(C)(C)C)ccc56)c4n(C)c3c2c1C. The maximum atomic E-state index is 4.84. The summed E-state index contributed by atoms with van der Waals surface area (Å²) in [6.07, 6.45) is 1.72. The highest BCUT2D eigenvalue weighted by atomic mass is 15.0. The maximum absolute atomic E-state index is 4.84. The molecule has 0 aliphatic heterocycles. The number of fused-ring (bicyclic) bond motifs is 6. The van der Waals surface area contributed by atoms with Crippen molar-refractivity contribution < 1.29 is 0 Å². The van der Waals surface area contributed by atoms with Crippen LogP contribution in [0.2, 0.25) is 0 Å². The van der Waals surface area contributed by atoms with Gasteiger partial charge in [0.25, 0.3) is 0 Å². The first-order valence-corrected chi connectivity index (χ1v) is 11.9. The van der Waals surface area contributed by atoms with Crippen LogP contribution in [0.5, 0.6) is 0 Å². The standard InChI is InChI=1S/C31H29N3/c1-18-10-11-20-12-14-25-28-30(34(6)29(25)26(20)19(18)2)27(32-17-33-28)24-9-7-8-21-16-22(31(3,4)5)13-15-23(21)24/h7-17H,1-6H3. The molecule has 0 saturated heterocycles. The van der Waals surface area contributed by atoms with E-state index in [0.29, 0.717) is 0 Å². The van der Waals surface area contributed by atoms with Gasteiger partial charge in [0.2, 0.25) is 0 Å². The number of hydrogen-bond donors (Lipinski definition) is 0. The Morgan fingerprint density at radius 2 is 1.53 bits per heavy atom. The normalized spacial score (nSPS) is 12.4. The molecule has 2 aromatic heterocycles. The molecule has 3 nitrogen and oxygen atoms in total. The second-order valence-corrected chi connectivity index (χ2v) is 10.5. The molecule has 0 aliphatic rings. The first-order valence-electron chi connectivity index (χ1n) is 11.9. The van der Waals surface area contributed by atoms with Gasteiger partial charge in [-0.05, 0) is 58.2 Å². The quantitative estimate of drug-likeness (QED) is 0.258. The summed E-state index contributed by atoms with van der Waals surface area (Å²) >= 11 is 0. The Hall–Kier alpha value is -3.72. The fraction of sp³-hybridized carbons (Fsp3) is 0.226. The van der Waals surface area contributed by atoms with E-state index in [-0.39, 0.29) is 5.41 Å². The lowest BCUT2D eigenvalue weighted by Gasteiger charge is -2.20. The summed E-state index contributed by atoms with van der Waals surface area (Å²) in [6, 6.07) is 22.2. The lowest BCUT2D eigenvalue weighted by atomic mass is 9.85. The second-order valence-electron chi connectivity index (χ2n) is 10.5. The summed E-state index contributed by atoms with van der Waals surface area (Å²) in [6.45, 7) is 11.2. The van der Waals surface area contributed by atoms with Crippen molar-refractivity contribution in [1.82, 2.24) is 14.5 Å². The van der Waals surface area contributed by atoms with Crippen LogP contribution >= 0.6 is 0 Å². The molecule has 0 spiro atoms. The van der Waals surface area contributed by atoms with Gasteiger partial charge in [0, 0.05) is 23.4 Å². The average Bonchev–Trinajstić information content (AvgIpc) is 3.12. The molecular formula is C31H29N3. The van der Waals surface area contributed by atoms with Crippen LogP contribution in [0, 0.1) is 13.8 Å². The van der Waals surface area contributed by atoms with Crippen molar-refractivity contribution in [3.05, 3.63) is 83.7 Å². The monoisotopic (exact) mass is 443 g/mol. The highest BCUT2D eigenvalue weighted by Gasteiger charge is 2.20. The molecule has 0 fully saturated rings. The van der Waals surface area contributed by atoms with E-state index in [1.54, 1.807) is 6.33 Å². The molecule has 34 heavy (non-hydrogen) atoms. The number of aromatic nitrogens is 3. The smallest absolute Gasteiger partial charge is 0.116 e. The molecule has 0 aliphatic carbocycles. The number of nitrogens with zero attached hydrogens (tertiary/aromatic N) is 3. The molecule has 0 radical (unpaired) electrons. The topological polar surface area (TPSA) is 30.7 Å². The van der Waals surface area contributed by atoms with Gasteiger partial charge in [-0.25, -0.2) is 9.97 Å². The third kappa shape index (κ3) is 2.89. The van der Waals surface area contributed by atoms with E-state index in [0.717, 1.165) is 22.3 Å². The van der Waals surface area contributed by atoms with Gasteiger partial charge in [-0.1, -0.05) is 75.4 Å². The Morgan fingerprint density at radius 3 is 2.32 bits per heavy atom. The Labute approximate surface area is 200 Å². The van der Waals surface area contributed by atoms with Gasteiger partial charge in [0.1, 0.15) is 11.8 Å². The van der Waals surface area contributed by atoms with Crippen LogP contribution in [0.3, 0.4) is 0 Å². The van der Waals surface area contributed by atoms with Crippen LogP contribution in [0.1, 0.15) is 37.5 Å². The summed E-state index contributed by atoms with van der Waals surface area (Å²) in [4.78, 5) is 9.61. The van der Waals surface area contributed by atoms with Gasteiger partial charge in [-0.2, -0.15) is 0 Å². The molecule has 6 rings (SSSR count). The first kappa shape index (κ1) is 20.9. The molecule has 0 saturated carbocycles. The summed E-state index contributed by atoms with van der Waals surface area (Å²) in [7, 11) is 2.15. The zero-order valence-electron chi connectivity index (χ0n) is 20.7. The second kappa shape index (κ2) is 7.14. The fourth-order valence-electron chi connectivity index (χ4n) is 5.38. The molecule has 0 amide bonds. The van der Waals surface area contributed by atoms with Gasteiger partial charge >= 0.3 is 0 Å². The highest BCUT2D eigenvalue weighted by molar-refractivity contribution is 6.19. The number of benzene rings is 4. The minimum atomic E-state index is 0.110. The van der Waals surface area contributed by atoms with Crippen LogP contribution in [0.25, 0.3) is 54.7 Å². The molecule has 2 heterocycles. The van der Waals surface area contributed by atoms with E-state index < -0.39 is 0 Å². The molecule has 0 bridgehead atoms. The van der Waals surface area contributed by atoms with Crippen LogP contribution < -0.4 is 0 Å². The van der Waals surface area contributed by atoms with E-state index in [2.05, 4.69) is 107 Å². The lowest BCUT2D eigenvalue weighted by Crippen LogP contribution is -2.10. The van der Waals surface area contributed by atoms with E-state index >= 15 is 0 Å². The molecular weight excluding hydrogens is 414 g/mol. The number of aryl methyl sites for hydroxylation is 3. The molecule has 3 heteroatoms.